The minimum atomic E-state index is -4.28. The molecule has 1 fully saturated rings. The maximum absolute atomic E-state index is 14.0. The Bertz CT molecular complexity index is 991. The van der Waals surface area contributed by atoms with Gasteiger partial charge in [0.2, 0.25) is 10.0 Å². The van der Waals surface area contributed by atoms with E-state index in [9.17, 15) is 21.6 Å². The molecular weight excluding hydrogens is 393 g/mol. The number of hydrogen-bond acceptors (Lipinski definition) is 5. The van der Waals surface area contributed by atoms with Gasteiger partial charge in [-0.15, -0.1) is 0 Å². The minimum absolute atomic E-state index is 0.0703. The summed E-state index contributed by atoms with van der Waals surface area (Å²) in [6.07, 6.45) is 0. The number of piperazine rings is 1. The molecule has 0 saturated carbocycles. The predicted octanol–water partition coefficient (Wildman–Crippen LogP) is 2.84. The van der Waals surface area contributed by atoms with Crippen molar-refractivity contribution in [3.63, 3.8) is 0 Å². The number of aromatic nitrogens is 2. The van der Waals surface area contributed by atoms with Crippen LogP contribution in [0.5, 0.6) is 0 Å². The quantitative estimate of drug-likeness (QED) is 0.720. The molecular formula is C18H21F3N4O2S. The highest BCUT2D eigenvalue weighted by Crippen LogP contribution is 2.25. The van der Waals surface area contributed by atoms with Gasteiger partial charge in [-0.25, -0.2) is 31.6 Å². The third kappa shape index (κ3) is 3.83. The van der Waals surface area contributed by atoms with Crippen molar-refractivity contribution in [3.05, 3.63) is 47.2 Å². The molecule has 2 aromatic rings. The Labute approximate surface area is 162 Å². The van der Waals surface area contributed by atoms with Gasteiger partial charge in [0.05, 0.1) is 0 Å². The Hall–Kier alpha value is -2.20. The van der Waals surface area contributed by atoms with Crippen molar-refractivity contribution in [2.75, 3.05) is 31.1 Å². The maximum Gasteiger partial charge on any atom is 0.246 e. The maximum atomic E-state index is 14.0. The van der Waals surface area contributed by atoms with Gasteiger partial charge in [0.25, 0.3) is 0 Å². The van der Waals surface area contributed by atoms with Gasteiger partial charge in [-0.05, 0) is 19.1 Å². The molecule has 6 nitrogen and oxygen atoms in total. The van der Waals surface area contributed by atoms with Crippen LogP contribution in [0.25, 0.3) is 0 Å². The lowest BCUT2D eigenvalue weighted by Gasteiger charge is -2.35. The third-order valence-corrected chi connectivity index (χ3v) is 6.47. The monoisotopic (exact) mass is 414 g/mol. The zero-order valence-electron chi connectivity index (χ0n) is 15.8. The Morgan fingerprint density at radius 2 is 1.64 bits per heavy atom. The van der Waals surface area contributed by atoms with E-state index in [4.69, 9.17) is 0 Å². The highest BCUT2D eigenvalue weighted by Gasteiger charge is 2.33. The fourth-order valence-electron chi connectivity index (χ4n) is 3.00. The summed E-state index contributed by atoms with van der Waals surface area (Å²) < 4.78 is 66.9. The topological polar surface area (TPSA) is 66.4 Å². The molecule has 1 aliphatic rings. The van der Waals surface area contributed by atoms with Crippen LogP contribution in [0.2, 0.25) is 0 Å². The van der Waals surface area contributed by atoms with E-state index in [1.54, 1.807) is 0 Å². The number of benzene rings is 1. The number of rotatable bonds is 4. The van der Waals surface area contributed by atoms with Crippen LogP contribution in [-0.4, -0.2) is 48.9 Å². The van der Waals surface area contributed by atoms with E-state index in [-0.39, 0.29) is 19.0 Å². The molecule has 0 unspecified atom stereocenters. The molecule has 0 atom stereocenters. The molecule has 0 aliphatic carbocycles. The summed E-state index contributed by atoms with van der Waals surface area (Å²) in [6.45, 7) is 6.64. The number of sulfonamides is 1. The van der Waals surface area contributed by atoms with Crippen molar-refractivity contribution >= 4 is 15.8 Å². The van der Waals surface area contributed by atoms with Crippen LogP contribution >= 0.6 is 0 Å². The number of nitrogens with zero attached hydrogens (tertiary/aromatic N) is 4. The van der Waals surface area contributed by atoms with Gasteiger partial charge in [-0.3, -0.25) is 0 Å². The lowest BCUT2D eigenvalue weighted by molar-refractivity contribution is 0.376. The summed E-state index contributed by atoms with van der Waals surface area (Å²) in [4.78, 5) is 9.99. The minimum Gasteiger partial charge on any atom is -0.354 e. The van der Waals surface area contributed by atoms with Crippen molar-refractivity contribution < 1.29 is 21.6 Å². The fourth-order valence-corrected chi connectivity index (χ4v) is 4.48. The van der Waals surface area contributed by atoms with Gasteiger partial charge in [0.1, 0.15) is 16.5 Å². The average Bonchev–Trinajstić information content (AvgIpc) is 2.65. The molecule has 28 heavy (non-hydrogen) atoms. The van der Waals surface area contributed by atoms with Gasteiger partial charge >= 0.3 is 0 Å². The van der Waals surface area contributed by atoms with Gasteiger partial charge in [0, 0.05) is 43.9 Å². The molecule has 1 aliphatic heterocycles. The fraction of sp³-hybridized carbons (Fsp3) is 0.444. The smallest absolute Gasteiger partial charge is 0.246 e. The summed E-state index contributed by atoms with van der Waals surface area (Å²) in [6, 6.07) is 3.18. The molecule has 1 saturated heterocycles. The summed E-state index contributed by atoms with van der Waals surface area (Å²) in [5.74, 6) is -3.37. The normalized spacial score (nSPS) is 16.0. The molecule has 0 bridgehead atoms. The highest BCUT2D eigenvalue weighted by atomic mass is 32.2. The summed E-state index contributed by atoms with van der Waals surface area (Å²) in [5.41, 5.74) is 0.813. The first-order valence-corrected chi connectivity index (χ1v) is 10.3. The molecule has 0 spiro atoms. The highest BCUT2D eigenvalue weighted by molar-refractivity contribution is 7.89. The summed E-state index contributed by atoms with van der Waals surface area (Å²) >= 11 is 0. The first-order chi connectivity index (χ1) is 13.1. The molecule has 3 rings (SSSR count). The zero-order valence-corrected chi connectivity index (χ0v) is 16.6. The molecule has 152 valence electrons. The molecule has 1 aromatic carbocycles. The Kier molecular flexibility index (Phi) is 5.62. The second-order valence-corrected chi connectivity index (χ2v) is 8.85. The molecule has 0 N–H and O–H groups in total. The molecule has 10 heteroatoms. The van der Waals surface area contributed by atoms with Crippen LogP contribution in [-0.2, 0) is 10.0 Å². The van der Waals surface area contributed by atoms with E-state index in [1.165, 1.54) is 0 Å². The summed E-state index contributed by atoms with van der Waals surface area (Å²) in [7, 11) is -4.28. The van der Waals surface area contributed by atoms with Crippen molar-refractivity contribution in [1.82, 2.24) is 14.3 Å². The van der Waals surface area contributed by atoms with E-state index in [1.807, 2.05) is 31.7 Å². The third-order valence-electron chi connectivity index (χ3n) is 4.55. The Morgan fingerprint density at radius 3 is 2.25 bits per heavy atom. The van der Waals surface area contributed by atoms with Crippen LogP contribution in [0.3, 0.4) is 0 Å². The molecule has 0 amide bonds. The van der Waals surface area contributed by atoms with Crippen LogP contribution in [0.15, 0.2) is 23.1 Å². The van der Waals surface area contributed by atoms with Gasteiger partial charge < -0.3 is 4.90 Å². The lowest BCUT2D eigenvalue weighted by Crippen LogP contribution is -2.49. The van der Waals surface area contributed by atoms with Crippen molar-refractivity contribution in [3.8, 4) is 0 Å². The predicted molar refractivity (Wildman–Crippen MR) is 98.1 cm³/mol. The number of halogens is 3. The Balaban J connectivity index is 1.80. The second-order valence-electron chi connectivity index (χ2n) is 6.95. The molecule has 1 aromatic heterocycles. The van der Waals surface area contributed by atoms with E-state index in [0.29, 0.717) is 30.8 Å². The van der Waals surface area contributed by atoms with E-state index in [2.05, 4.69) is 9.97 Å². The number of hydrogen-bond donors (Lipinski definition) is 0. The zero-order chi connectivity index (χ0) is 20.6. The molecule has 2 heterocycles. The van der Waals surface area contributed by atoms with Crippen LogP contribution in [0.1, 0.15) is 31.3 Å². The molecule has 0 radical (unpaired) electrons. The average molecular weight is 414 g/mol. The number of anilines is 1. The van der Waals surface area contributed by atoms with Gasteiger partial charge in [-0.1, -0.05) is 13.8 Å². The standard InChI is InChI=1S/C18H21F3N4O2S/c1-11(2)18-22-12(3)10-15(23-18)24-6-8-25(9-7-24)28(26,27)14-5-4-13(19)16(20)17(14)21/h4-5,10-11H,6-9H2,1-3H3. The first kappa shape index (κ1) is 20.5. The SMILES string of the molecule is Cc1cc(N2CCN(S(=O)(=O)c3ccc(F)c(F)c3F)CC2)nc(C(C)C)n1. The first-order valence-electron chi connectivity index (χ1n) is 8.85. The van der Waals surface area contributed by atoms with Gasteiger partial charge in [-0.2, -0.15) is 4.31 Å². The van der Waals surface area contributed by atoms with Crippen LogP contribution in [0, 0.1) is 24.4 Å². The van der Waals surface area contributed by atoms with E-state index < -0.39 is 32.4 Å². The Morgan fingerprint density at radius 1 is 1.00 bits per heavy atom. The van der Waals surface area contributed by atoms with Gasteiger partial charge in [0.15, 0.2) is 17.5 Å². The van der Waals surface area contributed by atoms with E-state index >= 15 is 0 Å². The number of aryl methyl sites for hydroxylation is 1. The van der Waals surface area contributed by atoms with Crippen molar-refractivity contribution in [1.29, 1.82) is 0 Å². The van der Waals surface area contributed by atoms with Crippen molar-refractivity contribution in [2.45, 2.75) is 31.6 Å². The second kappa shape index (κ2) is 7.67. The van der Waals surface area contributed by atoms with Crippen LogP contribution < -0.4 is 4.90 Å². The van der Waals surface area contributed by atoms with Crippen molar-refractivity contribution in [2.24, 2.45) is 0 Å². The largest absolute Gasteiger partial charge is 0.354 e. The van der Waals surface area contributed by atoms with E-state index in [0.717, 1.165) is 16.1 Å². The summed E-state index contributed by atoms with van der Waals surface area (Å²) in [5, 5.41) is 0. The van der Waals surface area contributed by atoms with Crippen LogP contribution in [0.4, 0.5) is 19.0 Å². The lowest BCUT2D eigenvalue weighted by atomic mass is 10.2.